The fourth-order valence-corrected chi connectivity index (χ4v) is 4.58. The lowest BCUT2D eigenvalue weighted by atomic mass is 9.98. The average molecular weight is 510 g/mol. The summed E-state index contributed by atoms with van der Waals surface area (Å²) in [6.07, 6.45) is 0. The van der Waals surface area contributed by atoms with Crippen LogP contribution < -0.4 is 14.4 Å². The standard InChI is InChI=1S/C31H27NO6/c1-19-16-22(13-15-25(19)37-18-21-8-5-4-6-9-21)29(33)27-28(26-14-12-20(2)38-26)32(31(35)30(27)34)23-10-7-11-24(17-23)36-3/h4-17,28,33H,18H2,1-3H3/b29-27-. The minimum atomic E-state index is -0.954. The number of carbonyl (C=O) groups excluding carboxylic acids is 2. The predicted molar refractivity (Wildman–Crippen MR) is 143 cm³/mol. The van der Waals surface area contributed by atoms with Crippen molar-refractivity contribution in [1.29, 1.82) is 0 Å². The quantitative estimate of drug-likeness (QED) is 0.184. The Morgan fingerprint density at radius 2 is 1.74 bits per heavy atom. The van der Waals surface area contributed by atoms with Gasteiger partial charge in [0.2, 0.25) is 0 Å². The van der Waals surface area contributed by atoms with Crippen LogP contribution in [0, 0.1) is 13.8 Å². The summed E-state index contributed by atoms with van der Waals surface area (Å²) in [5.74, 6) is 0.314. The van der Waals surface area contributed by atoms with E-state index in [2.05, 4.69) is 0 Å². The predicted octanol–water partition coefficient (Wildman–Crippen LogP) is 6.11. The highest BCUT2D eigenvalue weighted by Crippen LogP contribution is 2.43. The van der Waals surface area contributed by atoms with Crippen LogP contribution >= 0.6 is 0 Å². The molecule has 192 valence electrons. The lowest BCUT2D eigenvalue weighted by Crippen LogP contribution is -2.29. The molecular formula is C31H27NO6. The van der Waals surface area contributed by atoms with Gasteiger partial charge >= 0.3 is 0 Å². The number of amides is 1. The van der Waals surface area contributed by atoms with E-state index in [0.717, 1.165) is 11.1 Å². The van der Waals surface area contributed by atoms with Crippen LogP contribution in [0.1, 0.15) is 34.3 Å². The summed E-state index contributed by atoms with van der Waals surface area (Å²) in [7, 11) is 1.52. The highest BCUT2D eigenvalue weighted by Gasteiger charge is 2.48. The molecule has 5 rings (SSSR count). The van der Waals surface area contributed by atoms with E-state index in [1.54, 1.807) is 61.5 Å². The van der Waals surface area contributed by atoms with Crippen LogP contribution in [0.5, 0.6) is 11.5 Å². The number of benzene rings is 3. The minimum Gasteiger partial charge on any atom is -0.507 e. The lowest BCUT2D eigenvalue weighted by Gasteiger charge is -2.23. The number of ether oxygens (including phenoxy) is 2. The number of methoxy groups -OCH3 is 1. The number of nitrogens with zero attached hydrogens (tertiary/aromatic N) is 1. The van der Waals surface area contributed by atoms with Crippen LogP contribution in [0.2, 0.25) is 0 Å². The maximum atomic E-state index is 13.4. The molecule has 1 saturated heterocycles. The maximum absolute atomic E-state index is 13.4. The van der Waals surface area contributed by atoms with Crippen LogP contribution in [0.4, 0.5) is 5.69 Å². The topological polar surface area (TPSA) is 89.2 Å². The first-order valence-corrected chi connectivity index (χ1v) is 12.2. The molecule has 1 aliphatic heterocycles. The van der Waals surface area contributed by atoms with Crippen molar-refractivity contribution in [2.24, 2.45) is 0 Å². The Morgan fingerprint density at radius 1 is 0.947 bits per heavy atom. The Kier molecular flexibility index (Phi) is 6.75. The molecule has 38 heavy (non-hydrogen) atoms. The third kappa shape index (κ3) is 4.66. The molecule has 0 spiro atoms. The van der Waals surface area contributed by atoms with Gasteiger partial charge in [-0.3, -0.25) is 14.5 Å². The van der Waals surface area contributed by atoms with Crippen molar-refractivity contribution in [3.8, 4) is 11.5 Å². The summed E-state index contributed by atoms with van der Waals surface area (Å²) >= 11 is 0. The van der Waals surface area contributed by atoms with Gasteiger partial charge in [-0.25, -0.2) is 0 Å². The van der Waals surface area contributed by atoms with Gasteiger partial charge in [-0.2, -0.15) is 0 Å². The number of rotatable bonds is 7. The van der Waals surface area contributed by atoms with Crippen LogP contribution in [0.3, 0.4) is 0 Å². The van der Waals surface area contributed by atoms with E-state index in [4.69, 9.17) is 13.9 Å². The summed E-state index contributed by atoms with van der Waals surface area (Å²) in [6.45, 7) is 4.04. The fraction of sp³-hybridized carbons (Fsp3) is 0.161. The van der Waals surface area contributed by atoms with Gasteiger partial charge in [0.05, 0.1) is 12.7 Å². The zero-order valence-corrected chi connectivity index (χ0v) is 21.3. The van der Waals surface area contributed by atoms with Crippen molar-refractivity contribution >= 4 is 23.1 Å². The molecule has 7 nitrogen and oxygen atoms in total. The highest BCUT2D eigenvalue weighted by molar-refractivity contribution is 6.51. The summed E-state index contributed by atoms with van der Waals surface area (Å²) < 4.78 is 17.1. The number of anilines is 1. The van der Waals surface area contributed by atoms with E-state index in [9.17, 15) is 14.7 Å². The van der Waals surface area contributed by atoms with Gasteiger partial charge in [-0.1, -0.05) is 36.4 Å². The smallest absolute Gasteiger partial charge is 0.300 e. The maximum Gasteiger partial charge on any atom is 0.300 e. The van der Waals surface area contributed by atoms with Crippen molar-refractivity contribution < 1.29 is 28.6 Å². The summed E-state index contributed by atoms with van der Waals surface area (Å²) in [5, 5.41) is 11.4. The van der Waals surface area contributed by atoms with E-state index < -0.39 is 17.7 Å². The van der Waals surface area contributed by atoms with Gasteiger partial charge < -0.3 is 19.0 Å². The molecule has 0 aliphatic carbocycles. The van der Waals surface area contributed by atoms with E-state index in [0.29, 0.717) is 40.9 Å². The Balaban J connectivity index is 1.55. The van der Waals surface area contributed by atoms with Gasteiger partial charge in [0.25, 0.3) is 11.7 Å². The Morgan fingerprint density at radius 3 is 2.42 bits per heavy atom. The number of hydrogen-bond donors (Lipinski definition) is 1. The van der Waals surface area contributed by atoms with Crippen molar-refractivity contribution in [1.82, 2.24) is 0 Å². The van der Waals surface area contributed by atoms with E-state index in [1.165, 1.54) is 12.0 Å². The van der Waals surface area contributed by atoms with Crippen LogP contribution in [0.25, 0.3) is 5.76 Å². The van der Waals surface area contributed by atoms with Crippen molar-refractivity contribution in [2.75, 3.05) is 12.0 Å². The largest absolute Gasteiger partial charge is 0.507 e. The molecule has 1 aliphatic rings. The Labute approximate surface area is 220 Å². The number of aryl methyl sites for hydroxylation is 2. The second-order valence-corrected chi connectivity index (χ2v) is 9.07. The third-order valence-corrected chi connectivity index (χ3v) is 6.49. The van der Waals surface area contributed by atoms with Gasteiger partial charge in [0.1, 0.15) is 41.4 Å². The molecule has 7 heteroatoms. The number of ketones is 1. The van der Waals surface area contributed by atoms with Crippen LogP contribution in [-0.4, -0.2) is 23.9 Å². The molecule has 4 aromatic rings. The summed E-state index contributed by atoms with van der Waals surface area (Å²) in [5.41, 5.74) is 2.60. The normalized spacial score (nSPS) is 16.6. The van der Waals surface area contributed by atoms with Crippen LogP contribution in [-0.2, 0) is 16.2 Å². The second-order valence-electron chi connectivity index (χ2n) is 9.07. The first-order chi connectivity index (χ1) is 18.4. The molecule has 1 atom stereocenters. The Bertz CT molecular complexity index is 1530. The van der Waals surface area contributed by atoms with Crippen molar-refractivity contribution in [3.63, 3.8) is 0 Å². The van der Waals surface area contributed by atoms with E-state index in [1.807, 2.05) is 37.3 Å². The SMILES string of the molecule is COc1cccc(N2C(=O)C(=O)/C(=C(\O)c3ccc(OCc4ccccc4)c(C)c3)C2c2ccc(C)o2)c1. The molecule has 1 N–H and O–H groups in total. The molecule has 1 amide bonds. The second kappa shape index (κ2) is 10.3. The van der Waals surface area contributed by atoms with Gasteiger partial charge in [-0.15, -0.1) is 0 Å². The number of furan rings is 1. The number of Topliss-reactive ketones (excluding diaryl/α,β-unsaturated/α-hetero) is 1. The van der Waals surface area contributed by atoms with Crippen molar-refractivity contribution in [3.05, 3.63) is 119 Å². The number of aliphatic hydroxyl groups excluding tert-OH is 1. The first-order valence-electron chi connectivity index (χ1n) is 12.2. The number of aliphatic hydroxyl groups is 1. The van der Waals surface area contributed by atoms with Gasteiger partial charge in [0, 0.05) is 17.3 Å². The van der Waals surface area contributed by atoms with Gasteiger partial charge in [0.15, 0.2) is 0 Å². The first kappa shape index (κ1) is 24.9. The number of hydrogen-bond acceptors (Lipinski definition) is 6. The molecule has 3 aromatic carbocycles. The summed E-state index contributed by atoms with van der Waals surface area (Å²) in [4.78, 5) is 28.0. The van der Waals surface area contributed by atoms with Gasteiger partial charge in [-0.05, 0) is 67.4 Å². The zero-order valence-electron chi connectivity index (χ0n) is 21.3. The van der Waals surface area contributed by atoms with Crippen molar-refractivity contribution in [2.45, 2.75) is 26.5 Å². The monoisotopic (exact) mass is 509 g/mol. The fourth-order valence-electron chi connectivity index (χ4n) is 4.58. The molecular weight excluding hydrogens is 482 g/mol. The van der Waals surface area contributed by atoms with Crippen LogP contribution in [0.15, 0.2) is 94.9 Å². The summed E-state index contributed by atoms with van der Waals surface area (Å²) in [6, 6.07) is 24.3. The van der Waals surface area contributed by atoms with E-state index in [-0.39, 0.29) is 11.3 Å². The molecule has 1 aromatic heterocycles. The molecule has 0 saturated carbocycles. The Hall–Kier alpha value is -4.78. The highest BCUT2D eigenvalue weighted by atomic mass is 16.5. The molecule has 0 radical (unpaired) electrons. The molecule has 2 heterocycles. The number of carbonyl (C=O) groups is 2. The molecule has 1 fully saturated rings. The molecule has 1 unspecified atom stereocenters. The third-order valence-electron chi connectivity index (χ3n) is 6.49. The van der Waals surface area contributed by atoms with E-state index >= 15 is 0 Å². The zero-order chi connectivity index (χ0) is 26.8. The average Bonchev–Trinajstić information content (AvgIpc) is 3.48. The lowest BCUT2D eigenvalue weighted by molar-refractivity contribution is -0.132. The minimum absolute atomic E-state index is 0.0514. The molecule has 0 bridgehead atoms.